The first-order valence-corrected chi connectivity index (χ1v) is 5.79. The summed E-state index contributed by atoms with van der Waals surface area (Å²) in [4.78, 5) is 34.4. The second kappa shape index (κ2) is 8.96. The molecule has 7 nitrogen and oxygen atoms in total. The van der Waals surface area contributed by atoms with Gasteiger partial charge in [0.25, 0.3) is 0 Å². The monoisotopic (exact) mass is 272 g/mol. The SMILES string of the molecule is C=C(C)C(=O)OCCNC(=O)N(C)CCOC(C)=O. The number of urea groups is 1. The minimum absolute atomic E-state index is 0.0786. The van der Waals surface area contributed by atoms with Crippen molar-refractivity contribution in [2.75, 3.05) is 33.4 Å². The van der Waals surface area contributed by atoms with E-state index in [1.165, 1.54) is 11.8 Å². The van der Waals surface area contributed by atoms with E-state index in [0.29, 0.717) is 5.57 Å². The van der Waals surface area contributed by atoms with Crippen molar-refractivity contribution in [1.82, 2.24) is 10.2 Å². The van der Waals surface area contributed by atoms with E-state index in [2.05, 4.69) is 11.9 Å². The van der Waals surface area contributed by atoms with E-state index in [-0.39, 0.29) is 38.3 Å². The van der Waals surface area contributed by atoms with E-state index in [0.717, 1.165) is 0 Å². The maximum Gasteiger partial charge on any atom is 0.333 e. The zero-order valence-corrected chi connectivity index (χ0v) is 11.5. The maximum atomic E-state index is 11.5. The van der Waals surface area contributed by atoms with Gasteiger partial charge in [-0.2, -0.15) is 0 Å². The normalized spacial score (nSPS) is 9.42. The van der Waals surface area contributed by atoms with Crippen LogP contribution in [0.5, 0.6) is 0 Å². The molecular formula is C12H20N2O5. The quantitative estimate of drug-likeness (QED) is 0.409. The van der Waals surface area contributed by atoms with Crippen molar-refractivity contribution in [3.8, 4) is 0 Å². The molecule has 0 aliphatic carbocycles. The van der Waals surface area contributed by atoms with Gasteiger partial charge in [0.15, 0.2) is 0 Å². The Balaban J connectivity index is 3.70. The highest BCUT2D eigenvalue weighted by Crippen LogP contribution is 1.91. The average Bonchev–Trinajstić information content (AvgIpc) is 2.33. The third-order valence-corrected chi connectivity index (χ3v) is 2.04. The summed E-state index contributed by atoms with van der Waals surface area (Å²) >= 11 is 0. The molecule has 0 aliphatic rings. The number of nitrogens with zero attached hydrogens (tertiary/aromatic N) is 1. The number of hydrogen-bond acceptors (Lipinski definition) is 5. The van der Waals surface area contributed by atoms with E-state index < -0.39 is 5.97 Å². The Hall–Kier alpha value is -2.05. The topological polar surface area (TPSA) is 84.9 Å². The van der Waals surface area contributed by atoms with Crippen molar-refractivity contribution in [1.29, 1.82) is 0 Å². The predicted octanol–water partition coefficient (Wildman–Crippen LogP) is 0.310. The standard InChI is InChI=1S/C12H20N2O5/c1-9(2)11(16)19-7-5-13-12(17)14(4)6-8-18-10(3)15/h1,5-8H2,2-4H3,(H,13,17). The lowest BCUT2D eigenvalue weighted by molar-refractivity contribution is -0.141. The summed E-state index contributed by atoms with van der Waals surface area (Å²) in [6.45, 7) is 6.99. The fraction of sp³-hybridized carbons (Fsp3) is 0.583. The lowest BCUT2D eigenvalue weighted by atomic mass is 10.4. The third-order valence-electron chi connectivity index (χ3n) is 2.04. The molecular weight excluding hydrogens is 252 g/mol. The van der Waals surface area contributed by atoms with Gasteiger partial charge in [0.2, 0.25) is 0 Å². The Kier molecular flexibility index (Phi) is 7.99. The number of carbonyl (C=O) groups excluding carboxylic acids is 3. The molecule has 0 aromatic carbocycles. The highest BCUT2D eigenvalue weighted by molar-refractivity contribution is 5.86. The number of amides is 2. The van der Waals surface area contributed by atoms with Crippen LogP contribution in [0.25, 0.3) is 0 Å². The van der Waals surface area contributed by atoms with Gasteiger partial charge in [-0.3, -0.25) is 4.79 Å². The lowest BCUT2D eigenvalue weighted by Gasteiger charge is -2.17. The van der Waals surface area contributed by atoms with Crippen LogP contribution in [0.1, 0.15) is 13.8 Å². The molecule has 0 heterocycles. The second-order valence-corrected chi connectivity index (χ2v) is 3.91. The van der Waals surface area contributed by atoms with E-state index in [4.69, 9.17) is 9.47 Å². The largest absolute Gasteiger partial charge is 0.464 e. The Morgan fingerprint density at radius 2 is 1.79 bits per heavy atom. The first-order valence-electron chi connectivity index (χ1n) is 5.79. The molecule has 0 aromatic rings. The molecule has 2 amide bonds. The molecule has 0 atom stereocenters. The Morgan fingerprint density at radius 3 is 2.32 bits per heavy atom. The summed E-state index contributed by atoms with van der Waals surface area (Å²) < 4.78 is 9.51. The average molecular weight is 272 g/mol. The maximum absolute atomic E-state index is 11.5. The summed E-state index contributed by atoms with van der Waals surface area (Å²) in [5.41, 5.74) is 0.310. The van der Waals surface area contributed by atoms with Crippen LogP contribution in [0.2, 0.25) is 0 Å². The van der Waals surface area contributed by atoms with Gasteiger partial charge in [0, 0.05) is 19.5 Å². The number of hydrogen-bond donors (Lipinski definition) is 1. The van der Waals surface area contributed by atoms with Crippen LogP contribution < -0.4 is 5.32 Å². The molecule has 0 fully saturated rings. The molecule has 0 radical (unpaired) electrons. The predicted molar refractivity (Wildman–Crippen MR) is 68.4 cm³/mol. The minimum atomic E-state index is -0.488. The molecule has 0 saturated heterocycles. The van der Waals surface area contributed by atoms with E-state index in [1.54, 1.807) is 14.0 Å². The molecule has 108 valence electrons. The smallest absolute Gasteiger partial charge is 0.333 e. The molecule has 1 N–H and O–H groups in total. The summed E-state index contributed by atoms with van der Waals surface area (Å²) in [5, 5.41) is 2.55. The van der Waals surface area contributed by atoms with Gasteiger partial charge in [-0.25, -0.2) is 9.59 Å². The molecule has 19 heavy (non-hydrogen) atoms. The van der Waals surface area contributed by atoms with Crippen LogP contribution in [0.3, 0.4) is 0 Å². The number of nitrogens with one attached hydrogen (secondary N) is 1. The molecule has 0 aliphatic heterocycles. The summed E-state index contributed by atoms with van der Waals surface area (Å²) in [5.74, 6) is -0.877. The molecule has 0 saturated carbocycles. The van der Waals surface area contributed by atoms with Crippen LogP contribution in [-0.2, 0) is 19.1 Å². The number of esters is 2. The molecule has 0 rings (SSSR count). The van der Waals surface area contributed by atoms with Crippen molar-refractivity contribution < 1.29 is 23.9 Å². The summed E-state index contributed by atoms with van der Waals surface area (Å²) in [7, 11) is 1.57. The Bertz CT molecular complexity index is 354. The van der Waals surface area contributed by atoms with Crippen LogP contribution in [0.15, 0.2) is 12.2 Å². The fourth-order valence-electron chi connectivity index (χ4n) is 0.988. The van der Waals surface area contributed by atoms with Gasteiger partial charge in [-0.15, -0.1) is 0 Å². The van der Waals surface area contributed by atoms with Gasteiger partial charge in [0.1, 0.15) is 13.2 Å². The molecule has 0 unspecified atom stereocenters. The first kappa shape index (κ1) is 16.9. The van der Waals surface area contributed by atoms with Crippen molar-refractivity contribution in [2.45, 2.75) is 13.8 Å². The fourth-order valence-corrected chi connectivity index (χ4v) is 0.988. The van der Waals surface area contributed by atoms with Gasteiger partial charge >= 0.3 is 18.0 Å². The number of ether oxygens (including phenoxy) is 2. The van der Waals surface area contributed by atoms with Gasteiger partial charge in [0.05, 0.1) is 13.1 Å². The third kappa shape index (κ3) is 8.64. The summed E-state index contributed by atoms with van der Waals surface area (Å²) in [6, 6.07) is -0.335. The summed E-state index contributed by atoms with van der Waals surface area (Å²) in [6.07, 6.45) is 0. The van der Waals surface area contributed by atoms with Crippen molar-refractivity contribution >= 4 is 18.0 Å². The van der Waals surface area contributed by atoms with Crippen molar-refractivity contribution in [3.63, 3.8) is 0 Å². The second-order valence-electron chi connectivity index (χ2n) is 3.91. The highest BCUT2D eigenvalue weighted by Gasteiger charge is 2.08. The minimum Gasteiger partial charge on any atom is -0.464 e. The Morgan fingerprint density at radius 1 is 1.16 bits per heavy atom. The van der Waals surface area contributed by atoms with Crippen molar-refractivity contribution in [3.05, 3.63) is 12.2 Å². The zero-order chi connectivity index (χ0) is 14.8. The van der Waals surface area contributed by atoms with Crippen LogP contribution in [0, 0.1) is 0 Å². The zero-order valence-electron chi connectivity index (χ0n) is 11.5. The molecule has 0 bridgehead atoms. The van der Waals surface area contributed by atoms with Crippen molar-refractivity contribution in [2.24, 2.45) is 0 Å². The lowest BCUT2D eigenvalue weighted by Crippen LogP contribution is -2.40. The van der Waals surface area contributed by atoms with Gasteiger partial charge in [-0.1, -0.05) is 6.58 Å². The van der Waals surface area contributed by atoms with Gasteiger partial charge < -0.3 is 19.7 Å². The Labute approximate surface area is 112 Å². The van der Waals surface area contributed by atoms with Gasteiger partial charge in [-0.05, 0) is 6.92 Å². The van der Waals surface area contributed by atoms with E-state index >= 15 is 0 Å². The number of carbonyl (C=O) groups is 3. The van der Waals surface area contributed by atoms with Crippen LogP contribution in [0.4, 0.5) is 4.79 Å². The first-order chi connectivity index (χ1) is 8.84. The van der Waals surface area contributed by atoms with Crippen LogP contribution >= 0.6 is 0 Å². The molecule has 0 spiro atoms. The number of rotatable bonds is 7. The number of likely N-dealkylation sites (N-methyl/N-ethyl adjacent to an activating group) is 1. The molecule has 7 heteroatoms. The van der Waals surface area contributed by atoms with Crippen LogP contribution in [-0.4, -0.2) is 56.2 Å². The van der Waals surface area contributed by atoms with E-state index in [1.807, 2.05) is 0 Å². The van der Waals surface area contributed by atoms with E-state index in [9.17, 15) is 14.4 Å². The molecule has 0 aromatic heterocycles. The highest BCUT2D eigenvalue weighted by atomic mass is 16.5.